The summed E-state index contributed by atoms with van der Waals surface area (Å²) in [6, 6.07) is 1.02. The summed E-state index contributed by atoms with van der Waals surface area (Å²) in [5.41, 5.74) is 5.13. The number of sulfonamides is 1. The zero-order valence-electron chi connectivity index (χ0n) is 11.5. The van der Waals surface area contributed by atoms with E-state index < -0.39 is 20.7 Å². The highest BCUT2D eigenvalue weighted by molar-refractivity contribution is 9.10. The minimum Gasteiger partial charge on any atom is -0.395 e. The van der Waals surface area contributed by atoms with Gasteiger partial charge in [0.25, 0.3) is 0 Å². The Morgan fingerprint density at radius 2 is 2.14 bits per heavy atom. The van der Waals surface area contributed by atoms with Gasteiger partial charge in [-0.2, -0.15) is 0 Å². The average Bonchev–Trinajstić information content (AvgIpc) is 2.44. The highest BCUT2D eigenvalue weighted by Gasteiger charge is 2.23. The van der Waals surface area contributed by atoms with E-state index in [0.717, 1.165) is 12.5 Å². The predicted octanol–water partition coefficient (Wildman–Crippen LogP) is 2.92. The van der Waals surface area contributed by atoms with Crippen LogP contribution in [-0.4, -0.2) is 28.2 Å². The molecule has 0 fully saturated rings. The fourth-order valence-electron chi connectivity index (χ4n) is 1.50. The van der Waals surface area contributed by atoms with Crippen LogP contribution < -0.4 is 10.5 Å². The molecule has 120 valence electrons. The standard InChI is InChI=1S/C12H17BrClFN2O3S/c1-2-5-20-6-3-4-17-21(18,19)9-7-8(14)10(13)12(16)11(9)15/h7,17H,2-6,16H2,1H3. The van der Waals surface area contributed by atoms with Gasteiger partial charge in [0.1, 0.15) is 4.90 Å². The van der Waals surface area contributed by atoms with Crippen molar-refractivity contribution in [2.24, 2.45) is 0 Å². The van der Waals surface area contributed by atoms with E-state index in [1.807, 2.05) is 6.92 Å². The first-order valence-corrected chi connectivity index (χ1v) is 8.97. The van der Waals surface area contributed by atoms with Gasteiger partial charge < -0.3 is 10.5 Å². The number of anilines is 1. The second-order valence-corrected chi connectivity index (χ2v) is 7.20. The quantitative estimate of drug-likeness (QED) is 0.397. The van der Waals surface area contributed by atoms with Gasteiger partial charge in [-0.3, -0.25) is 0 Å². The maximum Gasteiger partial charge on any atom is 0.243 e. The van der Waals surface area contributed by atoms with Gasteiger partial charge in [-0.1, -0.05) is 18.5 Å². The van der Waals surface area contributed by atoms with Crippen LogP contribution in [-0.2, 0) is 14.8 Å². The van der Waals surface area contributed by atoms with Gasteiger partial charge in [-0.15, -0.1) is 0 Å². The molecule has 0 aliphatic heterocycles. The van der Waals surface area contributed by atoms with Crippen molar-refractivity contribution >= 4 is 43.2 Å². The number of nitrogen functional groups attached to an aromatic ring is 1. The summed E-state index contributed by atoms with van der Waals surface area (Å²) in [6.45, 7) is 3.18. The highest BCUT2D eigenvalue weighted by Crippen LogP contribution is 2.34. The van der Waals surface area contributed by atoms with E-state index in [2.05, 4.69) is 20.7 Å². The van der Waals surface area contributed by atoms with E-state index in [1.165, 1.54) is 0 Å². The van der Waals surface area contributed by atoms with E-state index in [1.54, 1.807) is 0 Å². The molecule has 1 aromatic rings. The lowest BCUT2D eigenvalue weighted by atomic mass is 10.3. The molecule has 0 bridgehead atoms. The Bertz CT molecular complexity index is 599. The molecule has 0 saturated heterocycles. The van der Waals surface area contributed by atoms with Crippen LogP contribution in [0.5, 0.6) is 0 Å². The number of nitrogens with two attached hydrogens (primary N) is 1. The van der Waals surface area contributed by atoms with Crippen LogP contribution in [0.15, 0.2) is 15.4 Å². The van der Waals surface area contributed by atoms with E-state index >= 15 is 0 Å². The smallest absolute Gasteiger partial charge is 0.243 e. The van der Waals surface area contributed by atoms with Crippen LogP contribution in [0.1, 0.15) is 19.8 Å². The van der Waals surface area contributed by atoms with Crippen LogP contribution in [0, 0.1) is 5.82 Å². The third-order valence-corrected chi connectivity index (χ3v) is 5.39. The second kappa shape index (κ2) is 8.28. The largest absolute Gasteiger partial charge is 0.395 e. The summed E-state index contributed by atoms with van der Waals surface area (Å²) >= 11 is 8.80. The van der Waals surface area contributed by atoms with Crippen LogP contribution in [0.25, 0.3) is 0 Å². The third kappa shape index (κ3) is 5.07. The molecule has 0 aliphatic rings. The van der Waals surface area contributed by atoms with Crippen LogP contribution in [0.3, 0.4) is 0 Å². The number of hydrogen-bond donors (Lipinski definition) is 2. The minimum absolute atomic E-state index is 0.0283. The lowest BCUT2D eigenvalue weighted by molar-refractivity contribution is 0.133. The minimum atomic E-state index is -4.01. The first-order chi connectivity index (χ1) is 9.81. The second-order valence-electron chi connectivity index (χ2n) is 4.26. The summed E-state index contributed by atoms with van der Waals surface area (Å²) in [4.78, 5) is -0.567. The van der Waals surface area contributed by atoms with Gasteiger partial charge in [0.2, 0.25) is 10.0 Å². The van der Waals surface area contributed by atoms with Gasteiger partial charge in [0, 0.05) is 19.8 Å². The first kappa shape index (κ1) is 18.6. The fourth-order valence-corrected chi connectivity index (χ4v) is 3.25. The molecule has 0 saturated carbocycles. The van der Waals surface area contributed by atoms with Crippen molar-refractivity contribution in [3.8, 4) is 0 Å². The van der Waals surface area contributed by atoms with Crippen molar-refractivity contribution in [1.29, 1.82) is 0 Å². The Labute approximate surface area is 137 Å². The summed E-state index contributed by atoms with van der Waals surface area (Å²) in [5, 5.41) is 0.0283. The molecule has 0 atom stereocenters. The van der Waals surface area contributed by atoms with Gasteiger partial charge >= 0.3 is 0 Å². The Morgan fingerprint density at radius 3 is 2.76 bits per heavy atom. The molecule has 21 heavy (non-hydrogen) atoms. The van der Waals surface area contributed by atoms with Gasteiger partial charge in [-0.05, 0) is 34.8 Å². The molecule has 5 nitrogen and oxygen atoms in total. The zero-order chi connectivity index (χ0) is 16.0. The Morgan fingerprint density at radius 1 is 1.48 bits per heavy atom. The average molecular weight is 404 g/mol. The Kier molecular flexibility index (Phi) is 7.35. The third-order valence-electron chi connectivity index (χ3n) is 2.55. The Hall–Kier alpha value is -0.410. The maximum absolute atomic E-state index is 14.0. The molecule has 0 spiro atoms. The monoisotopic (exact) mass is 402 g/mol. The maximum atomic E-state index is 14.0. The van der Waals surface area contributed by atoms with Gasteiger partial charge in [-0.25, -0.2) is 17.5 Å². The molecule has 0 aromatic heterocycles. The normalized spacial score (nSPS) is 11.8. The molecule has 1 aromatic carbocycles. The number of ether oxygens (including phenoxy) is 1. The molecule has 0 unspecified atom stereocenters. The molecule has 1 rings (SSSR count). The van der Waals surface area contributed by atoms with Crippen LogP contribution >= 0.6 is 27.5 Å². The van der Waals surface area contributed by atoms with E-state index in [0.29, 0.717) is 19.6 Å². The van der Waals surface area contributed by atoms with Crippen molar-refractivity contribution in [2.45, 2.75) is 24.7 Å². The first-order valence-electron chi connectivity index (χ1n) is 6.31. The lowest BCUT2D eigenvalue weighted by Crippen LogP contribution is -2.26. The molecule has 9 heteroatoms. The summed E-state index contributed by atoms with van der Waals surface area (Å²) in [6.07, 6.45) is 1.38. The topological polar surface area (TPSA) is 81.4 Å². The van der Waals surface area contributed by atoms with Crippen LogP contribution in [0.2, 0.25) is 5.02 Å². The zero-order valence-corrected chi connectivity index (χ0v) is 14.6. The van der Waals surface area contributed by atoms with Crippen molar-refractivity contribution in [3.05, 3.63) is 21.4 Å². The summed E-state index contributed by atoms with van der Waals surface area (Å²) < 4.78 is 45.7. The lowest BCUT2D eigenvalue weighted by Gasteiger charge is -2.11. The van der Waals surface area contributed by atoms with Crippen molar-refractivity contribution < 1.29 is 17.5 Å². The predicted molar refractivity (Wildman–Crippen MR) is 84.4 cm³/mol. The van der Waals surface area contributed by atoms with E-state index in [4.69, 9.17) is 22.1 Å². The fraction of sp³-hybridized carbons (Fsp3) is 0.500. The van der Waals surface area contributed by atoms with E-state index in [-0.39, 0.29) is 21.7 Å². The van der Waals surface area contributed by atoms with Gasteiger partial charge in [0.15, 0.2) is 5.82 Å². The number of halogens is 3. The number of rotatable bonds is 8. The van der Waals surface area contributed by atoms with Crippen molar-refractivity contribution in [1.82, 2.24) is 4.72 Å². The highest BCUT2D eigenvalue weighted by atomic mass is 79.9. The molecular weight excluding hydrogens is 387 g/mol. The molecule has 3 N–H and O–H groups in total. The molecule has 0 heterocycles. The summed E-state index contributed by atoms with van der Waals surface area (Å²) in [7, 11) is -4.01. The molecule has 0 amide bonds. The van der Waals surface area contributed by atoms with Gasteiger partial charge in [0.05, 0.1) is 15.2 Å². The number of hydrogen-bond acceptors (Lipinski definition) is 4. The van der Waals surface area contributed by atoms with Crippen molar-refractivity contribution in [3.63, 3.8) is 0 Å². The van der Waals surface area contributed by atoms with E-state index in [9.17, 15) is 12.8 Å². The SMILES string of the molecule is CCCOCCCNS(=O)(=O)c1cc(Cl)c(Br)c(N)c1F. The molecule has 0 aliphatic carbocycles. The Balaban J connectivity index is 2.75. The number of nitrogens with one attached hydrogen (secondary N) is 1. The molecule has 0 radical (unpaired) electrons. The van der Waals surface area contributed by atoms with Crippen LogP contribution in [0.4, 0.5) is 10.1 Å². The number of benzene rings is 1. The molecular formula is C12H17BrClFN2O3S. The summed E-state index contributed by atoms with van der Waals surface area (Å²) in [5.74, 6) is -1.03. The van der Waals surface area contributed by atoms with Crippen molar-refractivity contribution in [2.75, 3.05) is 25.5 Å².